The van der Waals surface area contributed by atoms with E-state index in [4.69, 9.17) is 10.5 Å². The summed E-state index contributed by atoms with van der Waals surface area (Å²) in [5.41, 5.74) is 8.16. The lowest BCUT2D eigenvalue weighted by Gasteiger charge is -2.26. The molecule has 1 atom stereocenters. The molecule has 0 saturated carbocycles. The van der Waals surface area contributed by atoms with E-state index in [1.165, 1.54) is 5.56 Å². The highest BCUT2D eigenvalue weighted by Gasteiger charge is 2.32. The minimum atomic E-state index is 0.0514. The third-order valence-electron chi connectivity index (χ3n) is 3.91. The van der Waals surface area contributed by atoms with Crippen LogP contribution in [0.4, 0.5) is 5.69 Å². The summed E-state index contributed by atoms with van der Waals surface area (Å²) < 4.78 is 6.08. The second-order valence-electron chi connectivity index (χ2n) is 6.06. The Hall–Kier alpha value is -1.06. The van der Waals surface area contributed by atoms with Gasteiger partial charge in [0.2, 0.25) is 0 Å². The second kappa shape index (κ2) is 5.93. The first kappa shape index (κ1) is 14.4. The van der Waals surface area contributed by atoms with Crippen LogP contribution in [-0.2, 0) is 11.3 Å². The predicted molar refractivity (Wildman–Crippen MR) is 80.0 cm³/mol. The first-order chi connectivity index (χ1) is 9.00. The van der Waals surface area contributed by atoms with Gasteiger partial charge >= 0.3 is 0 Å². The number of nitrogens with zero attached hydrogens (tertiary/aromatic N) is 1. The fraction of sp³-hybridized carbons (Fsp3) is 0.625. The van der Waals surface area contributed by atoms with E-state index in [1.807, 2.05) is 12.1 Å². The molecule has 1 aliphatic rings. The van der Waals surface area contributed by atoms with Crippen molar-refractivity contribution < 1.29 is 4.74 Å². The monoisotopic (exact) mass is 262 g/mol. The van der Waals surface area contributed by atoms with E-state index < -0.39 is 0 Å². The third kappa shape index (κ3) is 3.95. The van der Waals surface area contributed by atoms with Crippen LogP contribution >= 0.6 is 0 Å². The number of nitrogens with two attached hydrogens (primary N) is 1. The molecule has 0 amide bonds. The van der Waals surface area contributed by atoms with E-state index in [-0.39, 0.29) is 5.60 Å². The van der Waals surface area contributed by atoms with Crippen molar-refractivity contribution in [2.24, 2.45) is 0 Å². The predicted octanol–water partition coefficient (Wildman–Crippen LogP) is 3.05. The zero-order valence-electron chi connectivity index (χ0n) is 12.4. The molecule has 1 unspecified atom stereocenters. The molecule has 1 aromatic rings. The number of para-hydroxylation sites is 1. The number of hydrogen-bond donors (Lipinski definition) is 1. The quantitative estimate of drug-likeness (QED) is 0.829. The van der Waals surface area contributed by atoms with Crippen molar-refractivity contribution >= 4 is 5.69 Å². The molecule has 0 radical (unpaired) electrons. The Kier molecular flexibility index (Phi) is 4.48. The lowest BCUT2D eigenvalue weighted by molar-refractivity contribution is -0.0290. The zero-order chi connectivity index (χ0) is 13.9. The number of benzene rings is 1. The highest BCUT2D eigenvalue weighted by molar-refractivity contribution is 5.46. The fourth-order valence-electron chi connectivity index (χ4n) is 2.72. The second-order valence-corrected chi connectivity index (χ2v) is 6.06. The molecular formula is C16H26N2O. The van der Waals surface area contributed by atoms with Gasteiger partial charge in [-0.1, -0.05) is 25.1 Å². The Morgan fingerprint density at radius 1 is 1.37 bits per heavy atom. The van der Waals surface area contributed by atoms with Gasteiger partial charge < -0.3 is 10.5 Å². The molecule has 19 heavy (non-hydrogen) atoms. The van der Waals surface area contributed by atoms with Crippen molar-refractivity contribution in [1.29, 1.82) is 0 Å². The summed E-state index contributed by atoms with van der Waals surface area (Å²) in [5.74, 6) is 0. The molecule has 106 valence electrons. The van der Waals surface area contributed by atoms with Crippen LogP contribution in [0.25, 0.3) is 0 Å². The summed E-state index contributed by atoms with van der Waals surface area (Å²) in [6.45, 7) is 9.47. The van der Waals surface area contributed by atoms with E-state index in [2.05, 4.69) is 37.8 Å². The highest BCUT2D eigenvalue weighted by Crippen LogP contribution is 2.30. The summed E-state index contributed by atoms with van der Waals surface area (Å²) >= 11 is 0. The van der Waals surface area contributed by atoms with Crippen LogP contribution < -0.4 is 5.73 Å². The normalized spacial score (nSPS) is 22.0. The van der Waals surface area contributed by atoms with E-state index in [0.29, 0.717) is 6.10 Å². The Morgan fingerprint density at radius 2 is 2.11 bits per heavy atom. The van der Waals surface area contributed by atoms with Crippen LogP contribution in [0.1, 0.15) is 39.2 Å². The van der Waals surface area contributed by atoms with Crippen LogP contribution in [0, 0.1) is 0 Å². The number of hydrogen-bond acceptors (Lipinski definition) is 3. The lowest BCUT2D eigenvalue weighted by Crippen LogP contribution is -2.33. The van der Waals surface area contributed by atoms with E-state index in [9.17, 15) is 0 Å². The van der Waals surface area contributed by atoms with Gasteiger partial charge in [-0.15, -0.1) is 0 Å². The number of rotatable bonds is 5. The molecule has 0 aliphatic carbocycles. The smallest absolute Gasteiger partial charge is 0.0710 e. The Labute approximate surface area is 116 Å². The maximum absolute atomic E-state index is 6.08. The van der Waals surface area contributed by atoms with Gasteiger partial charge in [0, 0.05) is 18.8 Å². The van der Waals surface area contributed by atoms with Gasteiger partial charge in [-0.25, -0.2) is 0 Å². The first-order valence-electron chi connectivity index (χ1n) is 7.24. The summed E-state index contributed by atoms with van der Waals surface area (Å²) in [5, 5.41) is 0. The summed E-state index contributed by atoms with van der Waals surface area (Å²) in [7, 11) is 0. The van der Waals surface area contributed by atoms with Gasteiger partial charge in [-0.3, -0.25) is 4.90 Å². The number of nitrogen functional groups attached to an aromatic ring is 1. The standard InChI is InChI=1S/C16H26N2O/c1-4-18(11-13-7-5-6-8-15(13)17)12-14-9-10-16(2,3)19-14/h5-8,14H,4,9-12,17H2,1-3H3. The minimum Gasteiger partial charge on any atom is -0.398 e. The fourth-order valence-corrected chi connectivity index (χ4v) is 2.72. The molecule has 2 N–H and O–H groups in total. The van der Waals surface area contributed by atoms with Crippen molar-refractivity contribution in [3.63, 3.8) is 0 Å². The first-order valence-corrected chi connectivity index (χ1v) is 7.24. The lowest BCUT2D eigenvalue weighted by atomic mass is 10.1. The van der Waals surface area contributed by atoms with Crippen molar-refractivity contribution in [3.8, 4) is 0 Å². The number of anilines is 1. The van der Waals surface area contributed by atoms with Gasteiger partial charge in [0.05, 0.1) is 11.7 Å². The molecule has 1 aromatic carbocycles. The van der Waals surface area contributed by atoms with E-state index in [1.54, 1.807) is 0 Å². The van der Waals surface area contributed by atoms with Crippen LogP contribution in [-0.4, -0.2) is 29.7 Å². The molecule has 1 aliphatic heterocycles. The maximum Gasteiger partial charge on any atom is 0.0710 e. The average molecular weight is 262 g/mol. The SMILES string of the molecule is CCN(Cc1ccccc1N)CC1CCC(C)(C)O1. The third-order valence-corrected chi connectivity index (χ3v) is 3.91. The van der Waals surface area contributed by atoms with Gasteiger partial charge in [0.25, 0.3) is 0 Å². The molecule has 1 saturated heterocycles. The van der Waals surface area contributed by atoms with Crippen LogP contribution in [0.3, 0.4) is 0 Å². The van der Waals surface area contributed by atoms with Gasteiger partial charge in [-0.05, 0) is 44.9 Å². The number of ether oxygens (including phenoxy) is 1. The Bertz CT molecular complexity index is 417. The maximum atomic E-state index is 6.08. The molecule has 1 heterocycles. The largest absolute Gasteiger partial charge is 0.398 e. The molecular weight excluding hydrogens is 236 g/mol. The average Bonchev–Trinajstić information content (AvgIpc) is 2.70. The van der Waals surface area contributed by atoms with Crippen LogP contribution in [0.2, 0.25) is 0 Å². The Balaban J connectivity index is 1.93. The summed E-state index contributed by atoms with van der Waals surface area (Å²) in [6, 6.07) is 8.11. The van der Waals surface area contributed by atoms with Gasteiger partial charge in [-0.2, -0.15) is 0 Å². The minimum absolute atomic E-state index is 0.0514. The van der Waals surface area contributed by atoms with E-state index in [0.717, 1.165) is 38.2 Å². The summed E-state index contributed by atoms with van der Waals surface area (Å²) in [4.78, 5) is 2.41. The summed E-state index contributed by atoms with van der Waals surface area (Å²) in [6.07, 6.45) is 2.68. The van der Waals surface area contributed by atoms with Crippen LogP contribution in [0.5, 0.6) is 0 Å². The zero-order valence-corrected chi connectivity index (χ0v) is 12.4. The molecule has 0 bridgehead atoms. The number of likely N-dealkylation sites (N-methyl/N-ethyl adjacent to an activating group) is 1. The van der Waals surface area contributed by atoms with Crippen molar-refractivity contribution in [3.05, 3.63) is 29.8 Å². The molecule has 1 fully saturated rings. The molecule has 0 spiro atoms. The Morgan fingerprint density at radius 3 is 2.68 bits per heavy atom. The van der Waals surface area contributed by atoms with Crippen molar-refractivity contribution in [2.45, 2.75) is 51.9 Å². The highest BCUT2D eigenvalue weighted by atomic mass is 16.5. The molecule has 3 heteroatoms. The topological polar surface area (TPSA) is 38.5 Å². The van der Waals surface area contributed by atoms with Gasteiger partial charge in [0.1, 0.15) is 0 Å². The molecule has 0 aromatic heterocycles. The van der Waals surface area contributed by atoms with Crippen molar-refractivity contribution in [1.82, 2.24) is 4.90 Å². The van der Waals surface area contributed by atoms with Crippen LogP contribution in [0.15, 0.2) is 24.3 Å². The molecule has 3 nitrogen and oxygen atoms in total. The van der Waals surface area contributed by atoms with Gasteiger partial charge in [0.15, 0.2) is 0 Å². The molecule has 2 rings (SSSR count). The van der Waals surface area contributed by atoms with Crippen molar-refractivity contribution in [2.75, 3.05) is 18.8 Å². The van der Waals surface area contributed by atoms with E-state index >= 15 is 0 Å².